The van der Waals surface area contributed by atoms with Crippen molar-refractivity contribution in [3.63, 3.8) is 0 Å². The molecule has 6 heteroatoms. The first kappa shape index (κ1) is 12.2. The van der Waals surface area contributed by atoms with Gasteiger partial charge in [0.2, 0.25) is 0 Å². The Kier molecular flexibility index (Phi) is 3.25. The molecule has 0 spiro atoms. The Hall–Kier alpha value is -1.82. The fourth-order valence-corrected chi connectivity index (χ4v) is 2.45. The number of halogens is 1. The fraction of sp³-hybridized carbons (Fsp3) is 0.231. The van der Waals surface area contributed by atoms with Gasteiger partial charge in [0.25, 0.3) is 0 Å². The molecule has 1 aliphatic heterocycles. The second kappa shape index (κ2) is 5.05. The van der Waals surface area contributed by atoms with Crippen molar-refractivity contribution in [3.05, 3.63) is 40.5 Å². The van der Waals surface area contributed by atoms with Crippen LogP contribution >= 0.6 is 15.9 Å². The fourth-order valence-electron chi connectivity index (χ4n) is 2.07. The van der Waals surface area contributed by atoms with E-state index < -0.39 is 0 Å². The number of amidine groups is 1. The lowest BCUT2D eigenvalue weighted by Crippen LogP contribution is -2.30. The van der Waals surface area contributed by atoms with Gasteiger partial charge in [-0.15, -0.1) is 0 Å². The zero-order valence-corrected chi connectivity index (χ0v) is 11.9. The number of rotatable bonds is 2. The van der Waals surface area contributed by atoms with Gasteiger partial charge in [-0.2, -0.15) is 5.10 Å². The van der Waals surface area contributed by atoms with E-state index in [9.17, 15) is 0 Å². The van der Waals surface area contributed by atoms with Gasteiger partial charge >= 0.3 is 0 Å². The van der Waals surface area contributed by atoms with Crippen molar-refractivity contribution in [3.8, 4) is 5.69 Å². The van der Waals surface area contributed by atoms with Crippen LogP contribution in [0.15, 0.2) is 39.9 Å². The molecule has 5 nitrogen and oxygen atoms in total. The third kappa shape index (κ3) is 2.35. The van der Waals surface area contributed by atoms with Crippen LogP contribution in [0.5, 0.6) is 0 Å². The normalized spacial score (nSPS) is 14.9. The summed E-state index contributed by atoms with van der Waals surface area (Å²) in [6.07, 6.45) is 2.82. The maximum atomic E-state index is 6.18. The Bertz CT molecular complexity index is 632. The Morgan fingerprint density at radius 1 is 1.37 bits per heavy atom. The molecule has 2 heterocycles. The number of aromatic nitrogens is 2. The monoisotopic (exact) mass is 319 g/mol. The third-order valence-electron chi connectivity index (χ3n) is 3.01. The van der Waals surface area contributed by atoms with Crippen molar-refractivity contribution >= 4 is 27.6 Å². The Balaban J connectivity index is 2.01. The van der Waals surface area contributed by atoms with E-state index >= 15 is 0 Å². The Labute approximate surface area is 119 Å². The predicted octanol–water partition coefficient (Wildman–Crippen LogP) is 1.96. The summed E-state index contributed by atoms with van der Waals surface area (Å²) in [5.41, 5.74) is 7.97. The molecule has 2 aromatic rings. The van der Waals surface area contributed by atoms with E-state index in [1.54, 1.807) is 10.9 Å². The molecule has 19 heavy (non-hydrogen) atoms. The molecule has 0 saturated carbocycles. The summed E-state index contributed by atoms with van der Waals surface area (Å²) < 4.78 is 2.72. The second-order valence-corrected chi connectivity index (χ2v) is 5.26. The second-order valence-electron chi connectivity index (χ2n) is 4.35. The third-order valence-corrected chi connectivity index (χ3v) is 3.50. The molecule has 98 valence electrons. The van der Waals surface area contributed by atoms with Gasteiger partial charge in [0.15, 0.2) is 0 Å². The van der Waals surface area contributed by atoms with Crippen LogP contribution in [0.4, 0.5) is 5.82 Å². The number of benzene rings is 1. The highest BCUT2D eigenvalue weighted by molar-refractivity contribution is 9.10. The molecule has 1 aromatic heterocycles. The summed E-state index contributed by atoms with van der Waals surface area (Å²) in [4.78, 5) is 4.45. The summed E-state index contributed by atoms with van der Waals surface area (Å²) in [5, 5.41) is 7.61. The average Bonchev–Trinajstić information content (AvgIpc) is 2.81. The van der Waals surface area contributed by atoms with Crippen molar-refractivity contribution in [1.82, 2.24) is 15.1 Å². The first-order valence-corrected chi connectivity index (χ1v) is 6.93. The summed E-state index contributed by atoms with van der Waals surface area (Å²) in [5.74, 6) is 1.44. The van der Waals surface area contributed by atoms with Crippen LogP contribution in [0.3, 0.4) is 0 Å². The van der Waals surface area contributed by atoms with Crippen LogP contribution in [0.1, 0.15) is 12.0 Å². The molecular weight excluding hydrogens is 306 g/mol. The number of anilines is 1. The van der Waals surface area contributed by atoms with Gasteiger partial charge < -0.3 is 11.1 Å². The predicted molar refractivity (Wildman–Crippen MR) is 79.7 cm³/mol. The zero-order chi connectivity index (χ0) is 13.2. The van der Waals surface area contributed by atoms with Gasteiger partial charge in [-0.1, -0.05) is 22.0 Å². The van der Waals surface area contributed by atoms with Gasteiger partial charge in [0.05, 0.1) is 17.4 Å². The first-order chi connectivity index (χ1) is 9.25. The van der Waals surface area contributed by atoms with Gasteiger partial charge in [-0.25, -0.2) is 4.68 Å². The van der Waals surface area contributed by atoms with Crippen molar-refractivity contribution in [2.75, 3.05) is 18.8 Å². The quantitative estimate of drug-likeness (QED) is 0.889. The Morgan fingerprint density at radius 3 is 3.00 bits per heavy atom. The van der Waals surface area contributed by atoms with Crippen molar-refractivity contribution in [1.29, 1.82) is 0 Å². The minimum Gasteiger partial charge on any atom is -0.383 e. The lowest BCUT2D eigenvalue weighted by molar-refractivity contribution is 0.742. The van der Waals surface area contributed by atoms with Crippen molar-refractivity contribution in [2.24, 2.45) is 4.99 Å². The van der Waals surface area contributed by atoms with Gasteiger partial charge in [0, 0.05) is 17.6 Å². The van der Waals surface area contributed by atoms with E-state index in [4.69, 9.17) is 5.73 Å². The number of nitrogens with two attached hydrogens (primary N) is 1. The van der Waals surface area contributed by atoms with Crippen LogP contribution in [-0.4, -0.2) is 28.7 Å². The van der Waals surface area contributed by atoms with E-state index in [-0.39, 0.29) is 0 Å². The van der Waals surface area contributed by atoms with E-state index in [0.29, 0.717) is 5.82 Å². The Morgan fingerprint density at radius 2 is 2.26 bits per heavy atom. The maximum absolute atomic E-state index is 6.18. The summed E-state index contributed by atoms with van der Waals surface area (Å²) in [6, 6.07) is 7.87. The van der Waals surface area contributed by atoms with Crippen LogP contribution in [0.2, 0.25) is 0 Å². The molecule has 0 fully saturated rings. The molecule has 0 amide bonds. The van der Waals surface area contributed by atoms with Gasteiger partial charge in [-0.05, 0) is 24.6 Å². The number of hydrogen-bond donors (Lipinski definition) is 2. The number of nitrogens with one attached hydrogen (secondary N) is 1. The SMILES string of the molecule is Nc1c(C2=NCCCN2)cnn1-c1cccc(Br)c1. The summed E-state index contributed by atoms with van der Waals surface area (Å²) in [6.45, 7) is 1.77. The molecule has 0 radical (unpaired) electrons. The van der Waals surface area contributed by atoms with Gasteiger partial charge in [0.1, 0.15) is 11.7 Å². The minimum absolute atomic E-state index is 0.603. The highest BCUT2D eigenvalue weighted by atomic mass is 79.9. The molecule has 0 saturated heterocycles. The largest absolute Gasteiger partial charge is 0.383 e. The van der Waals surface area contributed by atoms with E-state index in [1.165, 1.54) is 0 Å². The lowest BCUT2D eigenvalue weighted by atomic mass is 10.2. The smallest absolute Gasteiger partial charge is 0.138 e. The topological polar surface area (TPSA) is 68.2 Å². The van der Waals surface area contributed by atoms with Crippen molar-refractivity contribution < 1.29 is 0 Å². The van der Waals surface area contributed by atoms with Gasteiger partial charge in [-0.3, -0.25) is 4.99 Å². The number of nitrogen functional groups attached to an aromatic ring is 1. The lowest BCUT2D eigenvalue weighted by Gasteiger charge is -2.14. The molecule has 3 N–H and O–H groups in total. The molecular formula is C13H14BrN5. The standard InChI is InChI=1S/C13H14BrN5/c14-9-3-1-4-10(7-9)19-12(15)11(8-18-19)13-16-5-2-6-17-13/h1,3-4,7-8H,2,5-6,15H2,(H,16,17). The summed E-state index contributed by atoms with van der Waals surface area (Å²) >= 11 is 3.45. The van der Waals surface area contributed by atoms with E-state index in [1.807, 2.05) is 24.3 Å². The number of hydrogen-bond acceptors (Lipinski definition) is 4. The molecule has 3 rings (SSSR count). The highest BCUT2D eigenvalue weighted by Gasteiger charge is 2.15. The molecule has 0 atom stereocenters. The molecule has 0 unspecified atom stereocenters. The average molecular weight is 320 g/mol. The van der Waals surface area contributed by atoms with E-state index in [0.717, 1.165) is 41.1 Å². The molecule has 1 aromatic carbocycles. The van der Waals surface area contributed by atoms with Crippen LogP contribution in [-0.2, 0) is 0 Å². The maximum Gasteiger partial charge on any atom is 0.138 e. The first-order valence-electron chi connectivity index (χ1n) is 6.14. The van der Waals surface area contributed by atoms with E-state index in [2.05, 4.69) is 31.3 Å². The van der Waals surface area contributed by atoms with Crippen molar-refractivity contribution in [2.45, 2.75) is 6.42 Å². The van der Waals surface area contributed by atoms with Crippen LogP contribution in [0, 0.1) is 0 Å². The molecule has 1 aliphatic rings. The minimum atomic E-state index is 0.603. The summed E-state index contributed by atoms with van der Waals surface area (Å²) in [7, 11) is 0. The van der Waals surface area contributed by atoms with Crippen LogP contribution in [0.25, 0.3) is 5.69 Å². The molecule has 0 bridgehead atoms. The number of aliphatic imine (C=N–C) groups is 1. The van der Waals surface area contributed by atoms with Crippen LogP contribution < -0.4 is 11.1 Å². The molecule has 0 aliphatic carbocycles. The number of nitrogens with zero attached hydrogens (tertiary/aromatic N) is 3. The zero-order valence-electron chi connectivity index (χ0n) is 10.3. The highest BCUT2D eigenvalue weighted by Crippen LogP contribution is 2.20.